The predicted octanol–water partition coefficient (Wildman–Crippen LogP) is 4.81. The third-order valence-corrected chi connectivity index (χ3v) is 8.55. The molecule has 3 heterocycles. The van der Waals surface area contributed by atoms with Gasteiger partial charge in [0.15, 0.2) is 0 Å². The van der Waals surface area contributed by atoms with E-state index in [-0.39, 0.29) is 24.3 Å². The molecule has 204 valence electrons. The maximum Gasteiger partial charge on any atom is 0.250 e. The minimum Gasteiger partial charge on any atom is -0.342 e. The predicted molar refractivity (Wildman–Crippen MR) is 147 cm³/mol. The van der Waals surface area contributed by atoms with E-state index in [1.54, 1.807) is 4.90 Å². The topological polar surface area (TPSA) is 64.2 Å². The first kappa shape index (κ1) is 27.5. The molecule has 0 saturated carbocycles. The van der Waals surface area contributed by atoms with Crippen molar-refractivity contribution in [1.29, 1.82) is 0 Å². The molecule has 0 atom stereocenters. The van der Waals surface area contributed by atoms with Crippen LogP contribution in [0.1, 0.15) is 90.4 Å². The zero-order valence-electron chi connectivity index (χ0n) is 22.8. The standard InChI is InChI=1S/C30H46N4O3/c1-2-3-4-5-6-7-12-17-27(35)32-22-18-30(19-23-32)29(37)33(24-28(36)31-20-13-9-14-21-31)25-34(30)26-15-10-8-11-16-26/h8,10-11,15-16H,2-7,9,12-14,17-25H2,1H3. The van der Waals surface area contributed by atoms with Crippen LogP contribution in [-0.2, 0) is 14.4 Å². The summed E-state index contributed by atoms with van der Waals surface area (Å²) in [5.74, 6) is 0.318. The fourth-order valence-electron chi connectivity index (χ4n) is 6.25. The number of nitrogens with zero attached hydrogens (tertiary/aromatic N) is 4. The third-order valence-electron chi connectivity index (χ3n) is 8.55. The van der Waals surface area contributed by atoms with E-state index in [0.29, 0.717) is 39.0 Å². The van der Waals surface area contributed by atoms with Gasteiger partial charge in [0, 0.05) is 38.3 Å². The Hall–Kier alpha value is -2.57. The Kier molecular flexibility index (Phi) is 9.87. The summed E-state index contributed by atoms with van der Waals surface area (Å²) in [6.07, 6.45) is 13.5. The van der Waals surface area contributed by atoms with Crippen LogP contribution in [0.25, 0.3) is 0 Å². The SMILES string of the molecule is CCCCCCCCCC(=O)N1CCC2(CC1)C(=O)N(CC(=O)N1CCCCC1)CN2c1ccccc1. The molecule has 0 aliphatic carbocycles. The number of likely N-dealkylation sites (tertiary alicyclic amines) is 2. The van der Waals surface area contributed by atoms with Gasteiger partial charge >= 0.3 is 0 Å². The summed E-state index contributed by atoms with van der Waals surface area (Å²) >= 11 is 0. The molecule has 3 aliphatic heterocycles. The number of carbonyl (C=O) groups is 3. The van der Waals surface area contributed by atoms with Crippen LogP contribution in [-0.4, -0.2) is 77.4 Å². The minimum atomic E-state index is -0.681. The van der Waals surface area contributed by atoms with Crippen LogP contribution < -0.4 is 4.90 Å². The Morgan fingerprint density at radius 3 is 2.08 bits per heavy atom. The van der Waals surface area contributed by atoms with Gasteiger partial charge in [-0.25, -0.2) is 0 Å². The Labute approximate surface area is 223 Å². The number of carbonyl (C=O) groups excluding carboxylic acids is 3. The Morgan fingerprint density at radius 2 is 1.41 bits per heavy atom. The molecule has 3 fully saturated rings. The summed E-state index contributed by atoms with van der Waals surface area (Å²) in [4.78, 5) is 47.6. The first-order chi connectivity index (χ1) is 18.0. The number of benzene rings is 1. The summed E-state index contributed by atoms with van der Waals surface area (Å²) in [6, 6.07) is 10.1. The van der Waals surface area contributed by atoms with Gasteiger partial charge in [-0.2, -0.15) is 0 Å². The molecule has 1 aromatic rings. The number of hydrogen-bond donors (Lipinski definition) is 0. The van der Waals surface area contributed by atoms with E-state index >= 15 is 0 Å². The molecule has 37 heavy (non-hydrogen) atoms. The van der Waals surface area contributed by atoms with Crippen LogP contribution in [0.4, 0.5) is 5.69 Å². The maximum absolute atomic E-state index is 13.9. The van der Waals surface area contributed by atoms with Crippen LogP contribution in [0.3, 0.4) is 0 Å². The van der Waals surface area contributed by atoms with Crippen molar-refractivity contribution < 1.29 is 14.4 Å². The number of anilines is 1. The molecule has 7 heteroatoms. The van der Waals surface area contributed by atoms with Crippen molar-refractivity contribution in [2.45, 2.75) is 95.9 Å². The molecule has 0 N–H and O–H groups in total. The molecule has 0 bridgehead atoms. The van der Waals surface area contributed by atoms with Gasteiger partial charge in [0.05, 0.1) is 6.67 Å². The van der Waals surface area contributed by atoms with Crippen molar-refractivity contribution in [3.63, 3.8) is 0 Å². The van der Waals surface area contributed by atoms with Gasteiger partial charge in [0.1, 0.15) is 12.1 Å². The van der Waals surface area contributed by atoms with Crippen LogP contribution >= 0.6 is 0 Å². The van der Waals surface area contributed by atoms with Crippen molar-refractivity contribution in [2.75, 3.05) is 44.3 Å². The lowest BCUT2D eigenvalue weighted by Gasteiger charge is -2.43. The molecule has 0 radical (unpaired) electrons. The van der Waals surface area contributed by atoms with Gasteiger partial charge < -0.3 is 19.6 Å². The third kappa shape index (κ3) is 6.66. The van der Waals surface area contributed by atoms with Gasteiger partial charge in [-0.15, -0.1) is 0 Å². The van der Waals surface area contributed by atoms with Gasteiger partial charge in [-0.05, 0) is 50.7 Å². The minimum absolute atomic E-state index is 0.0425. The molecule has 0 unspecified atom stereocenters. The average molecular weight is 511 g/mol. The highest BCUT2D eigenvalue weighted by molar-refractivity contribution is 5.96. The second kappa shape index (κ2) is 13.3. The molecule has 0 aromatic heterocycles. The molecule has 1 spiro atoms. The number of amides is 3. The van der Waals surface area contributed by atoms with Crippen LogP contribution in [0.15, 0.2) is 30.3 Å². The highest BCUT2D eigenvalue weighted by Gasteiger charge is 2.54. The molecule has 3 aliphatic rings. The van der Waals surface area contributed by atoms with Crippen LogP contribution in [0, 0.1) is 0 Å². The molecule has 7 nitrogen and oxygen atoms in total. The first-order valence-corrected chi connectivity index (χ1v) is 14.7. The summed E-state index contributed by atoms with van der Waals surface area (Å²) in [5.41, 5.74) is 0.325. The van der Waals surface area contributed by atoms with E-state index in [0.717, 1.165) is 44.5 Å². The lowest BCUT2D eigenvalue weighted by Crippen LogP contribution is -2.57. The van der Waals surface area contributed by atoms with Crippen molar-refractivity contribution >= 4 is 23.4 Å². The summed E-state index contributed by atoms with van der Waals surface area (Å²) in [5, 5.41) is 0. The van der Waals surface area contributed by atoms with Crippen LogP contribution in [0.2, 0.25) is 0 Å². The average Bonchev–Trinajstić information content (AvgIpc) is 3.20. The number of hydrogen-bond acceptors (Lipinski definition) is 4. The molecular formula is C30H46N4O3. The maximum atomic E-state index is 13.9. The van der Waals surface area contributed by atoms with E-state index in [2.05, 4.69) is 11.8 Å². The zero-order chi connectivity index (χ0) is 26.1. The van der Waals surface area contributed by atoms with Gasteiger partial charge in [0.2, 0.25) is 11.8 Å². The number of piperidine rings is 2. The Morgan fingerprint density at radius 1 is 0.784 bits per heavy atom. The molecule has 4 rings (SSSR count). The fraction of sp³-hybridized carbons (Fsp3) is 0.700. The quantitative estimate of drug-likeness (QED) is 0.401. The zero-order valence-corrected chi connectivity index (χ0v) is 22.8. The van der Waals surface area contributed by atoms with E-state index in [9.17, 15) is 14.4 Å². The normalized spacial score (nSPS) is 19.6. The van der Waals surface area contributed by atoms with Crippen molar-refractivity contribution in [2.24, 2.45) is 0 Å². The summed E-state index contributed by atoms with van der Waals surface area (Å²) in [7, 11) is 0. The highest BCUT2D eigenvalue weighted by Crippen LogP contribution is 2.39. The Bertz CT molecular complexity index is 891. The lowest BCUT2D eigenvalue weighted by molar-refractivity contribution is -0.142. The molecule has 3 saturated heterocycles. The Balaban J connectivity index is 1.36. The smallest absolute Gasteiger partial charge is 0.250 e. The van der Waals surface area contributed by atoms with E-state index in [1.165, 1.54) is 38.5 Å². The second-order valence-corrected chi connectivity index (χ2v) is 11.1. The van der Waals surface area contributed by atoms with Crippen molar-refractivity contribution in [3.8, 4) is 0 Å². The number of unbranched alkanes of at least 4 members (excludes halogenated alkanes) is 6. The molecular weight excluding hydrogens is 464 g/mol. The summed E-state index contributed by atoms with van der Waals surface area (Å²) in [6.45, 7) is 5.58. The second-order valence-electron chi connectivity index (χ2n) is 11.1. The lowest BCUT2D eigenvalue weighted by atomic mass is 9.85. The van der Waals surface area contributed by atoms with Gasteiger partial charge in [-0.1, -0.05) is 63.6 Å². The largest absolute Gasteiger partial charge is 0.342 e. The number of para-hydroxylation sites is 1. The fourth-order valence-corrected chi connectivity index (χ4v) is 6.25. The van der Waals surface area contributed by atoms with E-state index in [4.69, 9.17) is 0 Å². The number of rotatable bonds is 11. The summed E-state index contributed by atoms with van der Waals surface area (Å²) < 4.78 is 0. The van der Waals surface area contributed by atoms with Crippen molar-refractivity contribution in [3.05, 3.63) is 30.3 Å². The highest BCUT2D eigenvalue weighted by atomic mass is 16.2. The van der Waals surface area contributed by atoms with Gasteiger partial charge in [0.25, 0.3) is 5.91 Å². The van der Waals surface area contributed by atoms with E-state index < -0.39 is 5.54 Å². The molecule has 3 amide bonds. The first-order valence-electron chi connectivity index (χ1n) is 14.7. The van der Waals surface area contributed by atoms with Crippen molar-refractivity contribution in [1.82, 2.24) is 14.7 Å². The molecule has 1 aromatic carbocycles. The van der Waals surface area contributed by atoms with Gasteiger partial charge in [-0.3, -0.25) is 14.4 Å². The monoisotopic (exact) mass is 510 g/mol. The van der Waals surface area contributed by atoms with Crippen LogP contribution in [0.5, 0.6) is 0 Å². The van der Waals surface area contributed by atoms with E-state index in [1.807, 2.05) is 40.1 Å².